The van der Waals surface area contributed by atoms with Crippen LogP contribution in [0.5, 0.6) is 0 Å². The van der Waals surface area contributed by atoms with Crippen LogP contribution in [0.4, 0.5) is 11.4 Å². The zero-order valence-corrected chi connectivity index (χ0v) is 51.4. The third-order valence-electron chi connectivity index (χ3n) is 16.0. The first-order valence-corrected chi connectivity index (χ1v) is 29.3. The summed E-state index contributed by atoms with van der Waals surface area (Å²) in [5.74, 6) is 3.98. The van der Waals surface area contributed by atoms with Crippen LogP contribution in [-0.2, 0) is 0 Å². The van der Waals surface area contributed by atoms with Crippen molar-refractivity contribution in [1.82, 2.24) is 0 Å². The van der Waals surface area contributed by atoms with E-state index in [4.69, 9.17) is 10.3 Å². The average molecular weight is 1010 g/mol. The molecule has 1 N–H and O–H groups in total. The number of benzene rings is 6. The lowest BCUT2D eigenvalue weighted by Gasteiger charge is -2.28. The van der Waals surface area contributed by atoms with Crippen LogP contribution in [0, 0.1) is 0 Å². The minimum atomic E-state index is 0.291. The summed E-state index contributed by atoms with van der Waals surface area (Å²) in [5, 5.41) is 11.1. The van der Waals surface area contributed by atoms with E-state index >= 15 is 0 Å². The number of hydrogen-bond donors (Lipinski definition) is 1. The fourth-order valence-corrected chi connectivity index (χ4v) is 11.3. The first kappa shape index (κ1) is 59.0. The molecule has 0 aliphatic carbocycles. The minimum absolute atomic E-state index is 0.291. The molecule has 6 rings (SSSR count). The number of para-hydroxylation sites is 1. The third-order valence-corrected chi connectivity index (χ3v) is 16.0. The molecule has 0 radical (unpaired) electrons. The predicted octanol–water partition coefficient (Wildman–Crippen LogP) is 23.9. The molecule has 3 nitrogen and oxygen atoms in total. The summed E-state index contributed by atoms with van der Waals surface area (Å²) in [6.07, 6.45) is 0. The molecule has 0 aliphatic heterocycles. The molecule has 0 heterocycles. The van der Waals surface area contributed by atoms with Crippen molar-refractivity contribution in [2.75, 3.05) is 5.43 Å². The summed E-state index contributed by atoms with van der Waals surface area (Å²) in [7, 11) is 0. The highest BCUT2D eigenvalue weighted by Gasteiger charge is 2.29. The van der Waals surface area contributed by atoms with Crippen molar-refractivity contribution < 1.29 is 0 Å². The van der Waals surface area contributed by atoms with Crippen molar-refractivity contribution in [2.24, 2.45) is 10.3 Å². The van der Waals surface area contributed by atoms with Crippen molar-refractivity contribution in [3.8, 4) is 44.5 Å². The van der Waals surface area contributed by atoms with E-state index in [0.717, 1.165) is 22.5 Å². The van der Waals surface area contributed by atoms with E-state index in [-0.39, 0.29) is 0 Å². The van der Waals surface area contributed by atoms with Crippen LogP contribution in [0.15, 0.2) is 95.3 Å². The molecule has 0 spiro atoms. The Hall–Kier alpha value is -5.28. The minimum Gasteiger partial charge on any atom is -0.259 e. The number of nitrogens with zero attached hydrogens (tertiary/aromatic N) is 2. The molecule has 0 atom stereocenters. The van der Waals surface area contributed by atoms with Crippen molar-refractivity contribution in [2.45, 2.75) is 237 Å². The topological polar surface area (TPSA) is 36.8 Å². The summed E-state index contributed by atoms with van der Waals surface area (Å²) >= 11 is 0. The quantitative estimate of drug-likeness (QED) is 0.0637. The van der Waals surface area contributed by atoms with Gasteiger partial charge in [-0.3, -0.25) is 5.43 Å². The highest BCUT2D eigenvalue weighted by atomic mass is 15.4. The molecule has 0 amide bonds. The molecule has 3 heteroatoms. The largest absolute Gasteiger partial charge is 0.259 e. The monoisotopic (exact) mass is 1010 g/mol. The predicted molar refractivity (Wildman–Crippen MR) is 332 cm³/mol. The van der Waals surface area contributed by atoms with Gasteiger partial charge in [0.25, 0.3) is 0 Å². The Bertz CT molecular complexity index is 2670. The van der Waals surface area contributed by atoms with E-state index in [1.165, 1.54) is 100 Å². The maximum absolute atomic E-state index is 5.66. The first-order valence-electron chi connectivity index (χ1n) is 29.3. The zero-order chi connectivity index (χ0) is 55.7. The lowest BCUT2D eigenvalue weighted by Crippen LogP contribution is -2.08. The highest BCUT2D eigenvalue weighted by molar-refractivity contribution is 5.96. The second kappa shape index (κ2) is 24.4. The Labute approximate surface area is 458 Å². The SMILES string of the molecule is CC(C)c1cc(C(C)C)c(-c2cccc(-c3c(C(C)C)cc(C(C)C)cc3C(C)C)c2N=NNc2c(-c3c(C(C)C)cc(C(C)C)cc3C(C)C)cccc2-c2c(C(C)C)cc(C(C)C)cc2C(C)C)c(C(C)C)c1. The van der Waals surface area contributed by atoms with Gasteiger partial charge in [0, 0.05) is 22.3 Å². The number of nitrogens with one attached hydrogen (secondary N) is 1. The maximum atomic E-state index is 5.66. The molecular formula is C72H99N3. The summed E-state index contributed by atoms with van der Waals surface area (Å²) < 4.78 is 0. The van der Waals surface area contributed by atoms with Gasteiger partial charge in [0.15, 0.2) is 0 Å². The van der Waals surface area contributed by atoms with Crippen molar-refractivity contribution in [3.63, 3.8) is 0 Å². The fraction of sp³-hybridized carbons (Fsp3) is 0.500. The Morgan fingerprint density at radius 1 is 0.267 bits per heavy atom. The van der Waals surface area contributed by atoms with Gasteiger partial charge in [0.05, 0.1) is 5.69 Å². The molecule has 0 aliphatic rings. The molecular weight excluding hydrogens is 907 g/mol. The molecule has 6 aromatic rings. The van der Waals surface area contributed by atoms with E-state index < -0.39 is 0 Å². The van der Waals surface area contributed by atoms with E-state index in [1.807, 2.05) is 0 Å². The van der Waals surface area contributed by atoms with Gasteiger partial charge in [0.1, 0.15) is 5.69 Å². The Balaban J connectivity index is 1.83. The van der Waals surface area contributed by atoms with Crippen LogP contribution in [0.25, 0.3) is 44.5 Å². The summed E-state index contributed by atoms with van der Waals surface area (Å²) in [6, 6.07) is 33.8. The van der Waals surface area contributed by atoms with Crippen LogP contribution in [0.2, 0.25) is 0 Å². The summed E-state index contributed by atoms with van der Waals surface area (Å²) in [6.45, 7) is 56.3. The lowest BCUT2D eigenvalue weighted by atomic mass is 9.78. The van der Waals surface area contributed by atoms with Crippen LogP contribution in [-0.4, -0.2) is 0 Å². The second-order valence-corrected chi connectivity index (χ2v) is 25.9. The average Bonchev–Trinajstić information content (AvgIpc) is 3.34. The molecule has 0 bridgehead atoms. The Morgan fingerprint density at radius 2 is 0.467 bits per heavy atom. The van der Waals surface area contributed by atoms with Gasteiger partial charge < -0.3 is 0 Å². The highest BCUT2D eigenvalue weighted by Crippen LogP contribution is 2.52. The summed E-state index contributed by atoms with van der Waals surface area (Å²) in [4.78, 5) is 0. The fourth-order valence-electron chi connectivity index (χ4n) is 11.3. The maximum Gasteiger partial charge on any atom is 0.103 e. The number of anilines is 1. The molecule has 402 valence electrons. The smallest absolute Gasteiger partial charge is 0.103 e. The van der Waals surface area contributed by atoms with E-state index in [1.54, 1.807) is 0 Å². The van der Waals surface area contributed by atoms with Crippen molar-refractivity contribution in [1.29, 1.82) is 0 Å². The van der Waals surface area contributed by atoms with Crippen LogP contribution >= 0.6 is 0 Å². The molecule has 0 aromatic heterocycles. The van der Waals surface area contributed by atoms with Gasteiger partial charge in [-0.1, -0.05) is 256 Å². The number of hydrogen-bond acceptors (Lipinski definition) is 2. The molecule has 0 unspecified atom stereocenters. The van der Waals surface area contributed by atoms with Crippen LogP contribution < -0.4 is 5.43 Å². The van der Waals surface area contributed by atoms with E-state index in [9.17, 15) is 0 Å². The Morgan fingerprint density at radius 3 is 0.667 bits per heavy atom. The van der Waals surface area contributed by atoms with Gasteiger partial charge in [-0.05, 0) is 160 Å². The van der Waals surface area contributed by atoms with E-state index in [0.29, 0.717) is 71.0 Å². The van der Waals surface area contributed by atoms with Gasteiger partial charge in [-0.2, -0.15) is 0 Å². The molecule has 0 saturated heterocycles. The molecule has 75 heavy (non-hydrogen) atoms. The lowest BCUT2D eigenvalue weighted by molar-refractivity contribution is 0.806. The van der Waals surface area contributed by atoms with E-state index in [2.05, 4.69) is 257 Å². The van der Waals surface area contributed by atoms with Crippen LogP contribution in [0.1, 0.15) is 304 Å². The normalized spacial score (nSPS) is 12.6. The number of rotatable bonds is 19. The van der Waals surface area contributed by atoms with Gasteiger partial charge in [0.2, 0.25) is 0 Å². The zero-order valence-electron chi connectivity index (χ0n) is 51.4. The van der Waals surface area contributed by atoms with Gasteiger partial charge in [-0.25, -0.2) is 0 Å². The second-order valence-electron chi connectivity index (χ2n) is 25.9. The molecule has 6 aromatic carbocycles. The standard InChI is InChI=1S/C72H99N3/c1-39(2)51-31-59(43(9)10)67(60(32-51)44(11)12)55-27-25-28-56(68-61(45(13)14)33-52(40(3)4)34-62(68)46(15)16)71(55)73-75-74-72-57(69-63(47(17)18)35-53(41(5)6)36-64(69)48(19)20)29-26-30-58(72)70-65(49(21)22)37-54(42(7)8)38-66(70)50(23)24/h25-50H,1-24H3,(H,73,74). The van der Waals surface area contributed by atoms with Crippen LogP contribution in [0.3, 0.4) is 0 Å². The van der Waals surface area contributed by atoms with Gasteiger partial charge >= 0.3 is 0 Å². The van der Waals surface area contributed by atoms with Gasteiger partial charge in [-0.15, -0.1) is 5.11 Å². The Kier molecular flexibility index (Phi) is 19.2. The van der Waals surface area contributed by atoms with Crippen molar-refractivity contribution in [3.05, 3.63) is 152 Å². The molecule has 0 fully saturated rings. The third kappa shape index (κ3) is 12.5. The summed E-state index contributed by atoms with van der Waals surface area (Å²) in [5.41, 5.74) is 32.1. The molecule has 0 saturated carbocycles. The first-order chi connectivity index (χ1) is 35.2. The van der Waals surface area contributed by atoms with Crippen molar-refractivity contribution >= 4 is 11.4 Å².